The van der Waals surface area contributed by atoms with Crippen LogP contribution in [0.3, 0.4) is 0 Å². The molecular weight excluding hydrogens is 226 g/mol. The summed E-state index contributed by atoms with van der Waals surface area (Å²) < 4.78 is 5.92. The van der Waals surface area contributed by atoms with Gasteiger partial charge >= 0.3 is 0 Å². The minimum absolute atomic E-state index is 0.177. The molecule has 1 saturated heterocycles. The van der Waals surface area contributed by atoms with E-state index in [9.17, 15) is 5.11 Å². The first-order valence-corrected chi connectivity index (χ1v) is 7.50. The van der Waals surface area contributed by atoms with Crippen molar-refractivity contribution in [3.63, 3.8) is 0 Å². The fourth-order valence-electron chi connectivity index (χ4n) is 3.13. The zero-order valence-corrected chi connectivity index (χ0v) is 12.1. The van der Waals surface area contributed by atoms with Gasteiger partial charge in [0.2, 0.25) is 0 Å². The molecule has 2 fully saturated rings. The van der Waals surface area contributed by atoms with Crippen LogP contribution in [0.25, 0.3) is 0 Å². The molecular formula is C15H29NO2. The first-order valence-electron chi connectivity index (χ1n) is 7.50. The molecule has 1 aliphatic carbocycles. The van der Waals surface area contributed by atoms with Crippen molar-refractivity contribution in [3.8, 4) is 0 Å². The Morgan fingerprint density at radius 2 is 2.06 bits per heavy atom. The molecule has 3 nitrogen and oxygen atoms in total. The number of aliphatic hydroxyl groups is 1. The molecule has 106 valence electrons. The molecule has 2 N–H and O–H groups in total. The van der Waals surface area contributed by atoms with Crippen LogP contribution in [0.1, 0.15) is 52.9 Å². The number of nitrogens with one attached hydrogen (secondary N) is 1. The molecule has 0 bridgehead atoms. The molecule has 1 aliphatic heterocycles. The average Bonchev–Trinajstić information content (AvgIpc) is 3.10. The van der Waals surface area contributed by atoms with Crippen LogP contribution in [0.2, 0.25) is 0 Å². The maximum atomic E-state index is 9.28. The second-order valence-electron chi connectivity index (χ2n) is 6.94. The van der Waals surface area contributed by atoms with Crippen molar-refractivity contribution in [2.75, 3.05) is 13.2 Å². The molecule has 0 aromatic carbocycles. The molecule has 0 aromatic rings. The lowest BCUT2D eigenvalue weighted by Crippen LogP contribution is -2.45. The molecule has 18 heavy (non-hydrogen) atoms. The Kier molecular flexibility index (Phi) is 4.68. The van der Waals surface area contributed by atoms with Crippen molar-refractivity contribution >= 4 is 0 Å². The predicted octanol–water partition coefficient (Wildman–Crippen LogP) is 2.33. The Morgan fingerprint density at radius 3 is 2.67 bits per heavy atom. The number of rotatable bonds is 6. The number of ether oxygens (including phenoxy) is 1. The Hall–Kier alpha value is -0.120. The van der Waals surface area contributed by atoms with Crippen molar-refractivity contribution in [1.82, 2.24) is 5.32 Å². The van der Waals surface area contributed by atoms with E-state index in [2.05, 4.69) is 26.1 Å². The lowest BCUT2D eigenvalue weighted by molar-refractivity contribution is -0.0404. The standard InChI is InChI=1S/C15H29NO2/c1-11(10-17)12-6-7-18-14(8-12)9-15(2,3)16-13-4-5-13/h11-14,16-17H,4-10H2,1-3H3/t11-,12?,14?/m0/s1. The van der Waals surface area contributed by atoms with Gasteiger partial charge in [0, 0.05) is 24.8 Å². The highest BCUT2D eigenvalue weighted by molar-refractivity contribution is 4.92. The van der Waals surface area contributed by atoms with E-state index in [0.29, 0.717) is 24.5 Å². The quantitative estimate of drug-likeness (QED) is 0.765. The highest BCUT2D eigenvalue weighted by atomic mass is 16.5. The van der Waals surface area contributed by atoms with Crippen molar-refractivity contribution in [2.45, 2.75) is 70.6 Å². The first-order chi connectivity index (χ1) is 8.50. The van der Waals surface area contributed by atoms with Gasteiger partial charge in [-0.1, -0.05) is 6.92 Å². The zero-order valence-electron chi connectivity index (χ0n) is 12.1. The molecule has 0 radical (unpaired) electrons. The molecule has 2 aliphatic rings. The Morgan fingerprint density at radius 1 is 1.33 bits per heavy atom. The average molecular weight is 255 g/mol. The zero-order chi connectivity index (χ0) is 13.2. The largest absolute Gasteiger partial charge is 0.396 e. The van der Waals surface area contributed by atoms with Crippen molar-refractivity contribution < 1.29 is 9.84 Å². The van der Waals surface area contributed by atoms with E-state index in [1.165, 1.54) is 12.8 Å². The van der Waals surface area contributed by atoms with Gasteiger partial charge in [0.25, 0.3) is 0 Å². The van der Waals surface area contributed by atoms with E-state index in [1.807, 2.05) is 0 Å². The molecule has 2 rings (SSSR count). The Labute approximate surface area is 111 Å². The smallest absolute Gasteiger partial charge is 0.0595 e. The van der Waals surface area contributed by atoms with Gasteiger partial charge in [-0.15, -0.1) is 0 Å². The molecule has 0 amide bonds. The SMILES string of the molecule is C[C@@H](CO)C1CCOC(CC(C)(C)NC2CC2)C1. The van der Waals surface area contributed by atoms with Gasteiger partial charge in [0.05, 0.1) is 6.10 Å². The van der Waals surface area contributed by atoms with E-state index < -0.39 is 0 Å². The molecule has 0 spiro atoms. The van der Waals surface area contributed by atoms with Crippen LogP contribution in [0.5, 0.6) is 0 Å². The van der Waals surface area contributed by atoms with Gasteiger partial charge in [0.1, 0.15) is 0 Å². The lowest BCUT2D eigenvalue weighted by atomic mass is 9.82. The van der Waals surface area contributed by atoms with Crippen LogP contribution in [-0.4, -0.2) is 36.0 Å². The highest BCUT2D eigenvalue weighted by Gasteiger charge is 2.34. The number of aliphatic hydroxyl groups excluding tert-OH is 1. The van der Waals surface area contributed by atoms with Crippen molar-refractivity contribution in [1.29, 1.82) is 0 Å². The predicted molar refractivity (Wildman–Crippen MR) is 73.6 cm³/mol. The van der Waals surface area contributed by atoms with Gasteiger partial charge in [0.15, 0.2) is 0 Å². The Balaban J connectivity index is 1.80. The summed E-state index contributed by atoms with van der Waals surface area (Å²) in [5, 5.41) is 13.0. The number of hydrogen-bond donors (Lipinski definition) is 2. The van der Waals surface area contributed by atoms with E-state index in [4.69, 9.17) is 4.74 Å². The normalized spacial score (nSPS) is 31.3. The van der Waals surface area contributed by atoms with E-state index in [0.717, 1.165) is 31.9 Å². The molecule has 3 heteroatoms. The molecule has 2 unspecified atom stereocenters. The van der Waals surface area contributed by atoms with Gasteiger partial charge in [-0.3, -0.25) is 0 Å². The molecule has 0 aromatic heterocycles. The fraction of sp³-hybridized carbons (Fsp3) is 1.00. The van der Waals surface area contributed by atoms with Crippen LogP contribution in [0.4, 0.5) is 0 Å². The lowest BCUT2D eigenvalue weighted by Gasteiger charge is -2.37. The van der Waals surface area contributed by atoms with Gasteiger partial charge < -0.3 is 15.2 Å². The third-order valence-electron chi connectivity index (χ3n) is 4.41. The van der Waals surface area contributed by atoms with Gasteiger partial charge in [-0.05, 0) is 57.8 Å². The minimum atomic E-state index is 0.177. The summed E-state index contributed by atoms with van der Waals surface area (Å²) in [6, 6.07) is 0.746. The Bertz CT molecular complexity index is 263. The minimum Gasteiger partial charge on any atom is -0.396 e. The van der Waals surface area contributed by atoms with Crippen LogP contribution < -0.4 is 5.32 Å². The van der Waals surface area contributed by atoms with Crippen molar-refractivity contribution in [3.05, 3.63) is 0 Å². The summed E-state index contributed by atoms with van der Waals surface area (Å²) in [7, 11) is 0. The van der Waals surface area contributed by atoms with E-state index in [1.54, 1.807) is 0 Å². The second-order valence-corrected chi connectivity index (χ2v) is 6.94. The molecule has 1 heterocycles. The number of hydrogen-bond acceptors (Lipinski definition) is 3. The van der Waals surface area contributed by atoms with Gasteiger partial charge in [-0.2, -0.15) is 0 Å². The molecule has 3 atom stereocenters. The van der Waals surface area contributed by atoms with Crippen LogP contribution in [0, 0.1) is 11.8 Å². The van der Waals surface area contributed by atoms with E-state index >= 15 is 0 Å². The van der Waals surface area contributed by atoms with Crippen LogP contribution in [-0.2, 0) is 4.74 Å². The van der Waals surface area contributed by atoms with Crippen LogP contribution >= 0.6 is 0 Å². The summed E-state index contributed by atoms with van der Waals surface area (Å²) in [4.78, 5) is 0. The van der Waals surface area contributed by atoms with E-state index in [-0.39, 0.29) is 5.54 Å². The van der Waals surface area contributed by atoms with Crippen molar-refractivity contribution in [2.24, 2.45) is 11.8 Å². The summed E-state index contributed by atoms with van der Waals surface area (Å²) >= 11 is 0. The highest BCUT2D eigenvalue weighted by Crippen LogP contribution is 2.32. The molecule has 1 saturated carbocycles. The maximum absolute atomic E-state index is 9.28. The summed E-state index contributed by atoms with van der Waals surface area (Å²) in [5.74, 6) is 1.04. The summed E-state index contributed by atoms with van der Waals surface area (Å²) in [5.41, 5.74) is 0.177. The summed E-state index contributed by atoms with van der Waals surface area (Å²) in [6.07, 6.45) is 6.32. The third-order valence-corrected chi connectivity index (χ3v) is 4.41. The second kappa shape index (κ2) is 5.89. The fourth-order valence-corrected chi connectivity index (χ4v) is 3.13. The maximum Gasteiger partial charge on any atom is 0.0595 e. The first kappa shape index (κ1) is 14.3. The van der Waals surface area contributed by atoms with Gasteiger partial charge in [-0.25, -0.2) is 0 Å². The summed E-state index contributed by atoms with van der Waals surface area (Å²) in [6.45, 7) is 7.89. The van der Waals surface area contributed by atoms with Crippen LogP contribution in [0.15, 0.2) is 0 Å². The monoisotopic (exact) mass is 255 g/mol. The third kappa shape index (κ3) is 4.22. The topological polar surface area (TPSA) is 41.5 Å².